The quantitative estimate of drug-likeness (QED) is 0.431. The largest absolute Gasteiger partial charge is 0.451 e. The molecule has 9 nitrogen and oxygen atoms in total. The number of sulfonamides is 1. The Morgan fingerprint density at radius 3 is 2.25 bits per heavy atom. The minimum absolute atomic E-state index is 0.0472. The summed E-state index contributed by atoms with van der Waals surface area (Å²) < 4.78 is 120. The number of aromatic nitrogens is 4. The molecule has 0 aromatic carbocycles. The third kappa shape index (κ3) is 6.04. The topological polar surface area (TPSA) is 118 Å². The molecular formula is C23H19F7N6O3S. The lowest BCUT2D eigenvalue weighted by Gasteiger charge is -2.27. The van der Waals surface area contributed by atoms with Crippen molar-refractivity contribution in [2.75, 3.05) is 0 Å². The summed E-state index contributed by atoms with van der Waals surface area (Å²) in [5.74, 6) is -3.27. The molecule has 1 fully saturated rings. The zero-order valence-electron chi connectivity index (χ0n) is 20.3. The Labute approximate surface area is 222 Å². The summed E-state index contributed by atoms with van der Waals surface area (Å²) in [5, 5.41) is 2.30. The minimum atomic E-state index is -4.90. The van der Waals surface area contributed by atoms with E-state index in [1.165, 1.54) is 6.92 Å². The molecule has 3 aromatic rings. The third-order valence-corrected chi connectivity index (χ3v) is 8.10. The maximum atomic E-state index is 13.7. The molecular weight excluding hydrogens is 573 g/mol. The highest BCUT2D eigenvalue weighted by Gasteiger charge is 2.44. The maximum absolute atomic E-state index is 13.7. The smallest absolute Gasteiger partial charge is 0.351 e. The number of hydrogen-bond donors (Lipinski definition) is 1. The maximum Gasteiger partial charge on any atom is 0.451 e. The van der Waals surface area contributed by atoms with Crippen molar-refractivity contribution in [2.45, 2.75) is 55.6 Å². The summed E-state index contributed by atoms with van der Waals surface area (Å²) in [7, 11) is -4.39. The Kier molecular flexibility index (Phi) is 7.81. The third-order valence-electron chi connectivity index (χ3n) is 6.11. The molecule has 0 aliphatic carbocycles. The molecule has 0 radical (unpaired) electrons. The number of hydrogen-bond acceptors (Lipinski definition) is 7. The van der Waals surface area contributed by atoms with Gasteiger partial charge in [-0.15, -0.1) is 0 Å². The molecule has 0 saturated carbocycles. The van der Waals surface area contributed by atoms with Crippen molar-refractivity contribution < 1.29 is 43.9 Å². The second kappa shape index (κ2) is 10.7. The van der Waals surface area contributed by atoms with Crippen LogP contribution in [0.3, 0.4) is 0 Å². The lowest BCUT2D eigenvalue weighted by molar-refractivity contribution is -0.145. The fourth-order valence-electron chi connectivity index (χ4n) is 4.23. The molecule has 17 heteroatoms. The lowest BCUT2D eigenvalue weighted by atomic mass is 10.1. The zero-order valence-corrected chi connectivity index (χ0v) is 21.1. The average molecular weight is 592 g/mol. The summed E-state index contributed by atoms with van der Waals surface area (Å²) >= 11 is 0. The second-order valence-electron chi connectivity index (χ2n) is 8.85. The number of pyridine rings is 2. The van der Waals surface area contributed by atoms with E-state index in [-0.39, 0.29) is 24.1 Å². The van der Waals surface area contributed by atoms with Crippen molar-refractivity contribution in [1.82, 2.24) is 29.6 Å². The number of alkyl halides is 6. The van der Waals surface area contributed by atoms with E-state index in [9.17, 15) is 43.9 Å². The van der Waals surface area contributed by atoms with Crippen LogP contribution in [-0.2, 0) is 33.7 Å². The molecule has 4 heterocycles. The number of amides is 1. The number of rotatable bonds is 6. The van der Waals surface area contributed by atoms with Crippen LogP contribution in [0.15, 0.2) is 48.0 Å². The Hall–Kier alpha value is -3.73. The van der Waals surface area contributed by atoms with Crippen LogP contribution in [-0.4, -0.2) is 50.6 Å². The van der Waals surface area contributed by atoms with Gasteiger partial charge < -0.3 is 5.32 Å². The van der Waals surface area contributed by atoms with E-state index >= 15 is 0 Å². The van der Waals surface area contributed by atoms with Crippen LogP contribution in [0.1, 0.15) is 36.7 Å². The van der Waals surface area contributed by atoms with Gasteiger partial charge in [-0.25, -0.2) is 22.8 Å². The molecule has 214 valence electrons. The SMILES string of the molecule is C[C@H]1CC[C@@H](C(=O)NCc2cc(-c3cnc(C(F)(F)F)nc3)ncc2C(F)(F)F)N1S(=O)(=O)c1cncc(F)c1. The van der Waals surface area contributed by atoms with E-state index in [1.54, 1.807) is 0 Å². The summed E-state index contributed by atoms with van der Waals surface area (Å²) in [6.07, 6.45) is -5.76. The summed E-state index contributed by atoms with van der Waals surface area (Å²) in [4.78, 5) is 26.0. The van der Waals surface area contributed by atoms with Gasteiger partial charge in [-0.1, -0.05) is 0 Å². The number of nitrogens with one attached hydrogen (secondary N) is 1. The average Bonchev–Trinajstić information content (AvgIpc) is 3.28. The van der Waals surface area contributed by atoms with Gasteiger partial charge in [0.2, 0.25) is 21.8 Å². The van der Waals surface area contributed by atoms with E-state index in [4.69, 9.17) is 0 Å². The van der Waals surface area contributed by atoms with Crippen molar-refractivity contribution in [3.05, 3.63) is 65.9 Å². The summed E-state index contributed by atoms with van der Waals surface area (Å²) in [6, 6.07) is -0.329. The Morgan fingerprint density at radius 1 is 0.975 bits per heavy atom. The molecule has 3 aromatic heterocycles. The van der Waals surface area contributed by atoms with Crippen LogP contribution in [0.25, 0.3) is 11.3 Å². The van der Waals surface area contributed by atoms with Crippen molar-refractivity contribution >= 4 is 15.9 Å². The first-order valence-electron chi connectivity index (χ1n) is 11.5. The molecule has 0 bridgehead atoms. The Bertz CT molecular complexity index is 1510. The number of carbonyl (C=O) groups is 1. The highest BCUT2D eigenvalue weighted by molar-refractivity contribution is 7.89. The Balaban J connectivity index is 1.59. The normalized spacial score (nSPS) is 18.6. The fourth-order valence-corrected chi connectivity index (χ4v) is 6.04. The van der Waals surface area contributed by atoms with E-state index in [2.05, 4.69) is 25.3 Å². The van der Waals surface area contributed by atoms with Crippen molar-refractivity contribution in [2.24, 2.45) is 0 Å². The van der Waals surface area contributed by atoms with Crippen LogP contribution < -0.4 is 5.32 Å². The van der Waals surface area contributed by atoms with E-state index in [0.717, 1.165) is 41.2 Å². The molecule has 1 aliphatic rings. The van der Waals surface area contributed by atoms with Crippen LogP contribution in [0.2, 0.25) is 0 Å². The minimum Gasteiger partial charge on any atom is -0.351 e. The van der Waals surface area contributed by atoms with E-state index < -0.39 is 74.6 Å². The first kappa shape index (κ1) is 29.3. The van der Waals surface area contributed by atoms with Gasteiger partial charge in [-0.2, -0.15) is 30.6 Å². The number of nitrogens with zero attached hydrogens (tertiary/aromatic N) is 5. The van der Waals surface area contributed by atoms with Gasteiger partial charge in [0.25, 0.3) is 0 Å². The molecule has 40 heavy (non-hydrogen) atoms. The lowest BCUT2D eigenvalue weighted by Crippen LogP contribution is -2.48. The summed E-state index contributed by atoms with van der Waals surface area (Å²) in [5.41, 5.74) is -2.01. The van der Waals surface area contributed by atoms with Crippen LogP contribution in [0, 0.1) is 5.82 Å². The molecule has 2 atom stereocenters. The standard InChI is InChI=1S/C23H19F7N6O3S/c1-12-2-3-19(36(12)40(38,39)16-5-15(24)9-31-10-16)20(37)33-6-13-4-18(32-11-17(13)22(25,26)27)14-7-34-21(35-8-14)23(28,29)30/h4-5,7-12,19H,2-3,6H2,1H3,(H,33,37)/t12-,19-/m0/s1. The van der Waals surface area contributed by atoms with Crippen LogP contribution >= 0.6 is 0 Å². The molecule has 1 aliphatic heterocycles. The van der Waals surface area contributed by atoms with Crippen molar-refractivity contribution in [1.29, 1.82) is 0 Å². The first-order valence-corrected chi connectivity index (χ1v) is 12.9. The van der Waals surface area contributed by atoms with Gasteiger partial charge in [-0.05, 0) is 37.5 Å². The van der Waals surface area contributed by atoms with Gasteiger partial charge in [0.1, 0.15) is 16.8 Å². The highest BCUT2D eigenvalue weighted by atomic mass is 32.2. The first-order chi connectivity index (χ1) is 18.6. The highest BCUT2D eigenvalue weighted by Crippen LogP contribution is 2.34. The van der Waals surface area contributed by atoms with Gasteiger partial charge in [0, 0.05) is 42.9 Å². The molecule has 1 saturated heterocycles. The molecule has 0 unspecified atom stereocenters. The Morgan fingerprint density at radius 2 is 1.65 bits per heavy atom. The van der Waals surface area contributed by atoms with Gasteiger partial charge in [0.05, 0.1) is 17.5 Å². The van der Waals surface area contributed by atoms with Gasteiger partial charge in [-0.3, -0.25) is 14.8 Å². The molecule has 1 N–H and O–H groups in total. The molecule has 0 spiro atoms. The van der Waals surface area contributed by atoms with Crippen molar-refractivity contribution in [3.63, 3.8) is 0 Å². The second-order valence-corrected chi connectivity index (χ2v) is 10.7. The monoisotopic (exact) mass is 592 g/mol. The fraction of sp³-hybridized carbons (Fsp3) is 0.348. The van der Waals surface area contributed by atoms with Crippen molar-refractivity contribution in [3.8, 4) is 11.3 Å². The number of halogens is 7. The molecule has 1 amide bonds. The van der Waals surface area contributed by atoms with E-state index in [1.807, 2.05) is 0 Å². The van der Waals surface area contributed by atoms with E-state index in [0.29, 0.717) is 6.20 Å². The predicted molar refractivity (Wildman–Crippen MR) is 123 cm³/mol. The van der Waals surface area contributed by atoms with Crippen LogP contribution in [0.4, 0.5) is 30.7 Å². The molecule has 4 rings (SSSR count). The predicted octanol–water partition coefficient (Wildman–Crippen LogP) is 3.97. The summed E-state index contributed by atoms with van der Waals surface area (Å²) in [6.45, 7) is 0.811. The number of carbonyl (C=O) groups excluding carboxylic acids is 1. The van der Waals surface area contributed by atoms with Gasteiger partial charge >= 0.3 is 12.4 Å². The van der Waals surface area contributed by atoms with Gasteiger partial charge in [0.15, 0.2) is 0 Å². The zero-order chi connectivity index (χ0) is 29.5. The van der Waals surface area contributed by atoms with Crippen LogP contribution in [0.5, 0.6) is 0 Å².